The van der Waals surface area contributed by atoms with Crippen LogP contribution >= 0.6 is 28.1 Å². The van der Waals surface area contributed by atoms with Gasteiger partial charge in [0.2, 0.25) is 0 Å². The molecule has 6 nitrogen and oxygen atoms in total. The van der Waals surface area contributed by atoms with Crippen LogP contribution in [-0.4, -0.2) is 31.8 Å². The quantitative estimate of drug-likeness (QED) is 0.518. The highest BCUT2D eigenvalue weighted by molar-refractivity contribution is 9.10. The van der Waals surface area contributed by atoms with Gasteiger partial charge in [-0.15, -0.1) is 0 Å². The van der Waals surface area contributed by atoms with Crippen LogP contribution in [0, 0.1) is 6.92 Å². The molecule has 0 bridgehead atoms. The summed E-state index contributed by atoms with van der Waals surface area (Å²) in [7, 11) is 0. The topological polar surface area (TPSA) is 78.5 Å². The summed E-state index contributed by atoms with van der Waals surface area (Å²) in [6.45, 7) is 2.52. The van der Waals surface area contributed by atoms with E-state index in [1.807, 2.05) is 43.3 Å². The molecule has 3 N–H and O–H groups in total. The summed E-state index contributed by atoms with van der Waals surface area (Å²) < 4.78 is 1.03. The zero-order valence-corrected chi connectivity index (χ0v) is 16.6. The molecular formula is C18H19BrN6S. The first-order valence-electron chi connectivity index (χ1n) is 8.18. The number of pyridine rings is 1. The van der Waals surface area contributed by atoms with Crippen molar-refractivity contribution >= 4 is 38.9 Å². The Morgan fingerprint density at radius 3 is 2.58 bits per heavy atom. The Balaban J connectivity index is 1.63. The van der Waals surface area contributed by atoms with E-state index in [0.29, 0.717) is 11.7 Å². The number of nitrogens with one attached hydrogen (secondary N) is 3. The van der Waals surface area contributed by atoms with Crippen molar-refractivity contribution in [2.24, 2.45) is 0 Å². The minimum absolute atomic E-state index is 0.0898. The van der Waals surface area contributed by atoms with Crippen molar-refractivity contribution in [3.63, 3.8) is 0 Å². The molecule has 0 radical (unpaired) electrons. The van der Waals surface area contributed by atoms with E-state index < -0.39 is 0 Å². The van der Waals surface area contributed by atoms with Crippen LogP contribution in [0.1, 0.15) is 23.1 Å². The van der Waals surface area contributed by atoms with Crippen molar-refractivity contribution in [1.82, 2.24) is 25.5 Å². The molecule has 0 amide bonds. The Labute approximate surface area is 166 Å². The Morgan fingerprint density at radius 2 is 1.92 bits per heavy atom. The molecule has 0 aliphatic carbocycles. The molecular weight excluding hydrogens is 412 g/mol. The molecule has 0 aliphatic heterocycles. The van der Waals surface area contributed by atoms with Crippen molar-refractivity contribution < 1.29 is 0 Å². The van der Waals surface area contributed by atoms with Gasteiger partial charge in [-0.3, -0.25) is 10.1 Å². The Bertz CT molecular complexity index is 850. The fourth-order valence-corrected chi connectivity index (χ4v) is 2.99. The molecule has 0 unspecified atom stereocenters. The molecule has 3 rings (SSSR count). The van der Waals surface area contributed by atoms with E-state index in [0.717, 1.165) is 28.2 Å². The smallest absolute Gasteiger partial charge is 0.170 e. The van der Waals surface area contributed by atoms with Gasteiger partial charge in [0, 0.05) is 35.0 Å². The van der Waals surface area contributed by atoms with Gasteiger partial charge in [-0.2, -0.15) is 5.10 Å². The van der Waals surface area contributed by atoms with E-state index >= 15 is 0 Å². The summed E-state index contributed by atoms with van der Waals surface area (Å²) in [5.41, 5.74) is 2.12. The normalized spacial score (nSPS) is 11.8. The number of thiocarbonyl (C=S) groups is 1. The molecule has 134 valence electrons. The SMILES string of the molecule is Cc1nc([C@H](CNC(=S)Nc2ccc(Br)cc2)Cc2ccncc2)n[nH]1. The lowest BCUT2D eigenvalue weighted by molar-refractivity contribution is 0.621. The number of hydrogen-bond acceptors (Lipinski definition) is 4. The molecule has 0 spiro atoms. The Kier molecular flexibility index (Phi) is 6.30. The van der Waals surface area contributed by atoms with Crippen molar-refractivity contribution in [2.45, 2.75) is 19.3 Å². The van der Waals surface area contributed by atoms with E-state index in [-0.39, 0.29) is 5.92 Å². The second kappa shape index (κ2) is 8.86. The highest BCUT2D eigenvalue weighted by atomic mass is 79.9. The summed E-state index contributed by atoms with van der Waals surface area (Å²) in [6, 6.07) is 11.9. The fraction of sp³-hybridized carbons (Fsp3) is 0.222. The third-order valence-electron chi connectivity index (χ3n) is 3.82. The van der Waals surface area contributed by atoms with Crippen LogP contribution < -0.4 is 10.6 Å². The molecule has 0 saturated heterocycles. The van der Waals surface area contributed by atoms with Gasteiger partial charge in [-0.25, -0.2) is 4.98 Å². The number of aromatic amines is 1. The minimum Gasteiger partial charge on any atom is -0.362 e. The maximum atomic E-state index is 5.41. The molecule has 0 saturated carbocycles. The van der Waals surface area contributed by atoms with Crippen LogP contribution in [0.5, 0.6) is 0 Å². The number of halogens is 1. The van der Waals surface area contributed by atoms with Crippen LogP contribution in [0.2, 0.25) is 0 Å². The van der Waals surface area contributed by atoms with Gasteiger partial charge in [0.15, 0.2) is 10.9 Å². The highest BCUT2D eigenvalue weighted by Gasteiger charge is 2.17. The van der Waals surface area contributed by atoms with E-state index in [2.05, 4.69) is 46.7 Å². The first kappa shape index (κ1) is 18.5. The molecule has 2 heterocycles. The van der Waals surface area contributed by atoms with Gasteiger partial charge in [-0.1, -0.05) is 15.9 Å². The second-order valence-corrected chi connectivity index (χ2v) is 7.20. The molecule has 0 aliphatic rings. The number of benzene rings is 1. The predicted octanol–water partition coefficient (Wildman–Crippen LogP) is 3.58. The predicted molar refractivity (Wildman–Crippen MR) is 110 cm³/mol. The van der Waals surface area contributed by atoms with E-state index in [4.69, 9.17) is 12.2 Å². The van der Waals surface area contributed by atoms with Crippen molar-refractivity contribution in [1.29, 1.82) is 0 Å². The van der Waals surface area contributed by atoms with Crippen LogP contribution in [0.3, 0.4) is 0 Å². The van der Waals surface area contributed by atoms with Gasteiger partial charge >= 0.3 is 0 Å². The minimum atomic E-state index is 0.0898. The van der Waals surface area contributed by atoms with Gasteiger partial charge in [0.05, 0.1) is 0 Å². The molecule has 3 aromatic rings. The second-order valence-electron chi connectivity index (χ2n) is 5.88. The van der Waals surface area contributed by atoms with Crippen LogP contribution in [0.25, 0.3) is 0 Å². The molecule has 1 aromatic carbocycles. The fourth-order valence-electron chi connectivity index (χ4n) is 2.53. The van der Waals surface area contributed by atoms with Gasteiger partial charge < -0.3 is 10.6 Å². The largest absolute Gasteiger partial charge is 0.362 e. The summed E-state index contributed by atoms with van der Waals surface area (Å²) >= 11 is 8.84. The third kappa shape index (κ3) is 5.34. The average Bonchev–Trinajstić information content (AvgIpc) is 3.08. The molecule has 2 aromatic heterocycles. The van der Waals surface area contributed by atoms with Crippen molar-refractivity contribution in [2.75, 3.05) is 11.9 Å². The third-order valence-corrected chi connectivity index (χ3v) is 4.60. The maximum Gasteiger partial charge on any atom is 0.170 e. The van der Waals surface area contributed by atoms with Gasteiger partial charge in [0.1, 0.15) is 5.82 Å². The number of nitrogens with zero attached hydrogens (tertiary/aromatic N) is 3. The number of H-pyrrole nitrogens is 1. The summed E-state index contributed by atoms with van der Waals surface area (Å²) in [4.78, 5) is 8.56. The lowest BCUT2D eigenvalue weighted by atomic mass is 9.99. The van der Waals surface area contributed by atoms with E-state index in [9.17, 15) is 0 Å². The lowest BCUT2D eigenvalue weighted by Crippen LogP contribution is -2.33. The lowest BCUT2D eigenvalue weighted by Gasteiger charge is -2.17. The van der Waals surface area contributed by atoms with Crippen molar-refractivity contribution in [3.05, 3.63) is 70.5 Å². The standard InChI is InChI=1S/C18H19BrN6S/c1-12-22-17(25-24-12)14(10-13-6-8-20-9-7-13)11-21-18(26)23-16-4-2-15(19)3-5-16/h2-9,14H,10-11H2,1H3,(H2,21,23,26)(H,22,24,25)/t14-/m0/s1. The average molecular weight is 431 g/mol. The van der Waals surface area contributed by atoms with Crippen molar-refractivity contribution in [3.8, 4) is 0 Å². The number of aryl methyl sites for hydroxylation is 1. The zero-order valence-electron chi connectivity index (χ0n) is 14.2. The molecule has 8 heteroatoms. The molecule has 26 heavy (non-hydrogen) atoms. The van der Waals surface area contributed by atoms with E-state index in [1.165, 1.54) is 5.56 Å². The number of aromatic nitrogens is 4. The maximum absolute atomic E-state index is 5.41. The molecule has 0 fully saturated rings. The van der Waals surface area contributed by atoms with Gasteiger partial charge in [-0.05, 0) is 67.5 Å². The highest BCUT2D eigenvalue weighted by Crippen LogP contribution is 2.17. The first-order chi connectivity index (χ1) is 12.6. The van der Waals surface area contributed by atoms with Crippen LogP contribution in [-0.2, 0) is 6.42 Å². The Hall–Kier alpha value is -2.32. The summed E-state index contributed by atoms with van der Waals surface area (Å²) in [5.74, 6) is 1.67. The Morgan fingerprint density at radius 1 is 1.19 bits per heavy atom. The number of rotatable bonds is 6. The van der Waals surface area contributed by atoms with E-state index in [1.54, 1.807) is 12.4 Å². The monoisotopic (exact) mass is 430 g/mol. The van der Waals surface area contributed by atoms with Crippen LogP contribution in [0.15, 0.2) is 53.3 Å². The summed E-state index contributed by atoms with van der Waals surface area (Å²) in [5, 5.41) is 14.3. The van der Waals surface area contributed by atoms with Gasteiger partial charge in [0.25, 0.3) is 0 Å². The molecule has 1 atom stereocenters. The zero-order chi connectivity index (χ0) is 18.4. The summed E-state index contributed by atoms with van der Waals surface area (Å²) in [6.07, 6.45) is 4.39. The first-order valence-corrected chi connectivity index (χ1v) is 9.38. The number of anilines is 1. The van der Waals surface area contributed by atoms with Crippen LogP contribution in [0.4, 0.5) is 5.69 Å². The number of hydrogen-bond donors (Lipinski definition) is 3.